The number of anilines is 1. The van der Waals surface area contributed by atoms with Gasteiger partial charge in [0.25, 0.3) is 0 Å². The van der Waals surface area contributed by atoms with Gasteiger partial charge in [-0.05, 0) is 47.4 Å². The number of aryl methyl sites for hydroxylation is 1. The number of carbonyl (C=O) groups excluding carboxylic acids is 2. The van der Waals surface area contributed by atoms with Crippen molar-refractivity contribution in [2.24, 2.45) is 13.0 Å². The van der Waals surface area contributed by atoms with Crippen molar-refractivity contribution in [2.75, 3.05) is 18.0 Å². The van der Waals surface area contributed by atoms with Crippen LogP contribution in [0.4, 0.5) is 11.5 Å². The first-order valence-corrected chi connectivity index (χ1v) is 11.7. The van der Waals surface area contributed by atoms with Crippen LogP contribution < -0.4 is 15.9 Å². The number of nitrogens with zero attached hydrogens (tertiary/aromatic N) is 5. The Morgan fingerprint density at radius 2 is 1.89 bits per heavy atom. The van der Waals surface area contributed by atoms with E-state index in [9.17, 15) is 24.5 Å². The van der Waals surface area contributed by atoms with Gasteiger partial charge in [0.05, 0.1) is 22.3 Å². The number of nitro groups is 1. The first kappa shape index (κ1) is 23.3. The lowest BCUT2D eigenvalue weighted by Gasteiger charge is -2.30. The van der Waals surface area contributed by atoms with Crippen molar-refractivity contribution in [3.05, 3.63) is 62.7 Å². The van der Waals surface area contributed by atoms with Crippen LogP contribution in [0, 0.1) is 27.9 Å². The normalized spacial score (nSPS) is 18.6. The van der Waals surface area contributed by atoms with Gasteiger partial charge in [0, 0.05) is 38.5 Å². The zero-order chi connectivity index (χ0) is 25.4. The first-order valence-electron chi connectivity index (χ1n) is 11.7. The lowest BCUT2D eigenvalue weighted by Crippen LogP contribution is -2.44. The van der Waals surface area contributed by atoms with Crippen molar-refractivity contribution in [3.63, 3.8) is 0 Å². The van der Waals surface area contributed by atoms with E-state index in [2.05, 4.69) is 27.0 Å². The maximum Gasteiger partial charge on any atom is 0.363 e. The van der Waals surface area contributed by atoms with Crippen LogP contribution in [0.2, 0.25) is 0 Å². The lowest BCUT2D eigenvalue weighted by atomic mass is 9.96. The average Bonchev–Trinajstić information content (AvgIpc) is 3.13. The van der Waals surface area contributed by atoms with Crippen LogP contribution in [0.25, 0.3) is 11.0 Å². The molecule has 0 bridgehead atoms. The number of amides is 2. The SMILES string of the molecule is Cn1c(=O)n([C@@H]2CCC(=O)NC2=O)c2cccc(C#CC3CCN(c4ccc([N+](=O)[O-])nc4)CC3)c21. The number of imide groups is 1. The molecule has 0 spiro atoms. The van der Waals surface area contributed by atoms with Gasteiger partial charge in [0.2, 0.25) is 11.8 Å². The molecule has 2 aliphatic rings. The number of nitrogens with one attached hydrogen (secondary N) is 1. The summed E-state index contributed by atoms with van der Waals surface area (Å²) in [6.45, 7) is 1.51. The van der Waals surface area contributed by atoms with Crippen molar-refractivity contribution in [2.45, 2.75) is 31.7 Å². The number of hydrogen-bond donors (Lipinski definition) is 1. The van der Waals surface area contributed by atoms with Gasteiger partial charge in [-0.3, -0.25) is 24.0 Å². The highest BCUT2D eigenvalue weighted by Crippen LogP contribution is 2.26. The maximum absolute atomic E-state index is 13.1. The van der Waals surface area contributed by atoms with Gasteiger partial charge in [-0.15, -0.1) is 0 Å². The number of piperidine rings is 2. The zero-order valence-corrected chi connectivity index (χ0v) is 19.6. The number of fused-ring (bicyclic) bond motifs is 1. The molecule has 0 unspecified atom stereocenters. The Morgan fingerprint density at radius 3 is 2.56 bits per heavy atom. The highest BCUT2D eigenvalue weighted by molar-refractivity contribution is 6.00. The molecule has 2 aliphatic heterocycles. The number of benzene rings is 1. The monoisotopic (exact) mass is 488 g/mol. The number of imidazole rings is 1. The third kappa shape index (κ3) is 4.22. The molecule has 4 heterocycles. The van der Waals surface area contributed by atoms with E-state index in [1.165, 1.54) is 21.4 Å². The minimum absolute atomic E-state index is 0.164. The van der Waals surface area contributed by atoms with Crippen molar-refractivity contribution in [1.82, 2.24) is 19.4 Å². The summed E-state index contributed by atoms with van der Waals surface area (Å²) >= 11 is 0. The van der Waals surface area contributed by atoms with E-state index < -0.39 is 16.9 Å². The Balaban J connectivity index is 1.35. The Kier molecular flexibility index (Phi) is 6.01. The van der Waals surface area contributed by atoms with Gasteiger partial charge in [-0.25, -0.2) is 4.79 Å². The summed E-state index contributed by atoms with van der Waals surface area (Å²) in [7, 11) is 1.66. The molecule has 0 radical (unpaired) electrons. The molecule has 36 heavy (non-hydrogen) atoms. The molecule has 184 valence electrons. The molecule has 3 aromatic rings. The molecule has 11 heteroatoms. The quantitative estimate of drug-likeness (QED) is 0.258. The van der Waals surface area contributed by atoms with Crippen molar-refractivity contribution in [3.8, 4) is 11.8 Å². The van der Waals surface area contributed by atoms with E-state index in [-0.39, 0.29) is 36.2 Å². The van der Waals surface area contributed by atoms with Gasteiger partial charge in [0.15, 0.2) is 6.20 Å². The molecule has 0 saturated carbocycles. The Bertz CT molecular complexity index is 1490. The smallest absolute Gasteiger partial charge is 0.363 e. The summed E-state index contributed by atoms with van der Waals surface area (Å²) in [6.07, 6.45) is 3.65. The second-order valence-electron chi connectivity index (χ2n) is 9.01. The molecule has 2 aromatic heterocycles. The molecular weight excluding hydrogens is 464 g/mol. The summed E-state index contributed by atoms with van der Waals surface area (Å²) in [6, 6.07) is 7.86. The largest absolute Gasteiger partial charge is 0.368 e. The van der Waals surface area contributed by atoms with Crippen LogP contribution in [0.1, 0.15) is 37.3 Å². The molecule has 2 amide bonds. The van der Waals surface area contributed by atoms with Gasteiger partial charge in [0.1, 0.15) is 6.04 Å². The topological polar surface area (TPSA) is 132 Å². The fourth-order valence-electron chi connectivity index (χ4n) is 4.90. The minimum Gasteiger partial charge on any atom is -0.368 e. The third-order valence-corrected chi connectivity index (χ3v) is 6.81. The van der Waals surface area contributed by atoms with E-state index in [1.54, 1.807) is 19.2 Å². The Hall–Kier alpha value is -4.46. The summed E-state index contributed by atoms with van der Waals surface area (Å²) in [5.41, 5.74) is 2.51. The van der Waals surface area contributed by atoms with E-state index in [0.717, 1.165) is 31.6 Å². The van der Waals surface area contributed by atoms with Crippen molar-refractivity contribution in [1.29, 1.82) is 0 Å². The Morgan fingerprint density at radius 1 is 1.11 bits per heavy atom. The molecule has 2 saturated heterocycles. The number of carbonyl (C=O) groups is 2. The first-order chi connectivity index (χ1) is 17.3. The number of hydrogen-bond acceptors (Lipinski definition) is 7. The van der Waals surface area contributed by atoms with Gasteiger partial charge in [-0.2, -0.15) is 0 Å². The summed E-state index contributed by atoms with van der Waals surface area (Å²) in [5, 5.41) is 13.1. The summed E-state index contributed by atoms with van der Waals surface area (Å²) in [4.78, 5) is 53.4. The fraction of sp³-hybridized carbons (Fsp3) is 0.360. The number of aromatic nitrogens is 3. The maximum atomic E-state index is 13.1. The van der Waals surface area contributed by atoms with E-state index in [0.29, 0.717) is 16.6 Å². The van der Waals surface area contributed by atoms with E-state index in [1.807, 2.05) is 12.1 Å². The molecule has 0 aliphatic carbocycles. The highest BCUT2D eigenvalue weighted by atomic mass is 16.6. The van der Waals surface area contributed by atoms with Crippen LogP contribution >= 0.6 is 0 Å². The van der Waals surface area contributed by atoms with Gasteiger partial charge >= 0.3 is 11.5 Å². The van der Waals surface area contributed by atoms with Gasteiger partial charge in [-0.1, -0.05) is 17.9 Å². The number of pyridine rings is 1. The summed E-state index contributed by atoms with van der Waals surface area (Å²) < 4.78 is 2.96. The minimum atomic E-state index is -0.736. The van der Waals surface area contributed by atoms with Crippen LogP contribution in [0.5, 0.6) is 0 Å². The van der Waals surface area contributed by atoms with E-state index >= 15 is 0 Å². The molecule has 1 N–H and O–H groups in total. The van der Waals surface area contributed by atoms with Gasteiger partial charge < -0.3 is 15.0 Å². The fourth-order valence-corrected chi connectivity index (χ4v) is 4.90. The standard InChI is InChI=1S/C25H24N6O5/c1-28-23-17(3-2-4-19(23)30(25(28)34)20-8-10-22(32)27-24(20)33)6-5-16-11-13-29(14-12-16)18-7-9-21(26-15-18)31(35)36/h2-4,7,9,15-16,20H,8,10-14H2,1H3,(H,27,32,33)/t20-/m1/s1. The molecule has 11 nitrogen and oxygen atoms in total. The third-order valence-electron chi connectivity index (χ3n) is 6.81. The second-order valence-corrected chi connectivity index (χ2v) is 9.01. The highest BCUT2D eigenvalue weighted by Gasteiger charge is 2.31. The van der Waals surface area contributed by atoms with Crippen LogP contribution in [0.3, 0.4) is 0 Å². The zero-order valence-electron chi connectivity index (χ0n) is 19.6. The summed E-state index contributed by atoms with van der Waals surface area (Å²) in [5.74, 6) is 5.80. The predicted octanol–water partition coefficient (Wildman–Crippen LogP) is 1.89. The average molecular weight is 489 g/mol. The molecule has 1 atom stereocenters. The molecule has 1 aromatic carbocycles. The van der Waals surface area contributed by atoms with Crippen molar-refractivity contribution >= 4 is 34.4 Å². The number of rotatable bonds is 3. The van der Waals surface area contributed by atoms with Crippen LogP contribution in [-0.4, -0.2) is 43.9 Å². The molecular formula is C25H24N6O5. The van der Waals surface area contributed by atoms with Crippen molar-refractivity contribution < 1.29 is 14.5 Å². The molecule has 5 rings (SSSR count). The lowest BCUT2D eigenvalue weighted by molar-refractivity contribution is -0.389. The predicted molar refractivity (Wildman–Crippen MR) is 131 cm³/mol. The van der Waals surface area contributed by atoms with Crippen LogP contribution in [0.15, 0.2) is 41.3 Å². The molecule has 2 fully saturated rings. The van der Waals surface area contributed by atoms with Crippen LogP contribution in [-0.2, 0) is 16.6 Å². The van der Waals surface area contributed by atoms with E-state index in [4.69, 9.17) is 0 Å². The Labute approximate surface area is 205 Å². The second kappa shape index (κ2) is 9.30. The number of para-hydroxylation sites is 1.